The zero-order chi connectivity index (χ0) is 21.9. The molecule has 162 valence electrons. The number of unbranched alkanes of at least 4 members (excludes halogenated alkanes) is 1. The van der Waals surface area contributed by atoms with Crippen LogP contribution in [0.1, 0.15) is 44.2 Å². The van der Waals surface area contributed by atoms with Gasteiger partial charge in [-0.05, 0) is 49.6 Å². The molecule has 6 heteroatoms. The number of hydrogen-bond acceptors (Lipinski definition) is 3. The van der Waals surface area contributed by atoms with E-state index in [4.69, 9.17) is 4.74 Å². The second-order valence-corrected chi connectivity index (χ2v) is 7.32. The normalized spacial score (nSPS) is 11.6. The minimum Gasteiger partial charge on any atom is -0.484 e. The summed E-state index contributed by atoms with van der Waals surface area (Å²) in [4.78, 5) is 27.3. The second kappa shape index (κ2) is 12.0. The van der Waals surface area contributed by atoms with Crippen molar-refractivity contribution in [3.8, 4) is 5.75 Å². The Morgan fingerprint density at radius 1 is 1.07 bits per heavy atom. The van der Waals surface area contributed by atoms with Gasteiger partial charge in [0, 0.05) is 13.1 Å². The van der Waals surface area contributed by atoms with Gasteiger partial charge < -0.3 is 15.0 Å². The highest BCUT2D eigenvalue weighted by molar-refractivity contribution is 5.88. The molecule has 0 spiro atoms. The highest BCUT2D eigenvalue weighted by atomic mass is 19.1. The van der Waals surface area contributed by atoms with Gasteiger partial charge in [-0.1, -0.05) is 50.1 Å². The molecule has 0 aliphatic carbocycles. The lowest BCUT2D eigenvalue weighted by atomic mass is 10.1. The van der Waals surface area contributed by atoms with Gasteiger partial charge in [0.05, 0.1) is 0 Å². The Labute approximate surface area is 178 Å². The van der Waals surface area contributed by atoms with Crippen molar-refractivity contribution in [3.63, 3.8) is 0 Å². The van der Waals surface area contributed by atoms with Crippen molar-refractivity contribution in [1.82, 2.24) is 10.2 Å². The van der Waals surface area contributed by atoms with Crippen molar-refractivity contribution in [2.24, 2.45) is 0 Å². The van der Waals surface area contributed by atoms with Gasteiger partial charge in [-0.25, -0.2) is 4.39 Å². The molecule has 2 aromatic rings. The van der Waals surface area contributed by atoms with Gasteiger partial charge in [0.25, 0.3) is 5.91 Å². The molecular formula is C24H31FN2O3. The monoisotopic (exact) mass is 414 g/mol. The molecule has 2 rings (SSSR count). The van der Waals surface area contributed by atoms with E-state index in [2.05, 4.69) is 12.2 Å². The molecule has 1 atom stereocenters. The smallest absolute Gasteiger partial charge is 0.261 e. The number of nitrogens with zero attached hydrogens (tertiary/aromatic N) is 1. The van der Waals surface area contributed by atoms with E-state index in [1.807, 2.05) is 38.1 Å². The number of rotatable bonds is 11. The first kappa shape index (κ1) is 23.4. The lowest BCUT2D eigenvalue weighted by molar-refractivity contribution is -0.143. The average Bonchev–Trinajstić information content (AvgIpc) is 2.74. The predicted molar refractivity (Wildman–Crippen MR) is 116 cm³/mol. The maximum absolute atomic E-state index is 13.3. The van der Waals surface area contributed by atoms with E-state index in [9.17, 15) is 14.0 Å². The standard InChI is InChI=1S/C24H31FN2O3/c1-4-6-15-26-24(29)22(5-2)27(16-19-9-11-20(25)12-10-19)23(28)17-30-21-13-7-18(3)8-14-21/h7-14,22H,4-6,15-17H2,1-3H3,(H,26,29)/t22-/m1/s1. The first-order valence-corrected chi connectivity index (χ1v) is 10.5. The van der Waals surface area contributed by atoms with Crippen LogP contribution in [0.15, 0.2) is 48.5 Å². The largest absolute Gasteiger partial charge is 0.484 e. The van der Waals surface area contributed by atoms with Crippen molar-refractivity contribution >= 4 is 11.8 Å². The third kappa shape index (κ3) is 7.17. The highest BCUT2D eigenvalue weighted by Gasteiger charge is 2.28. The van der Waals surface area contributed by atoms with Crippen LogP contribution in [-0.2, 0) is 16.1 Å². The predicted octanol–water partition coefficient (Wildman–Crippen LogP) is 4.24. The van der Waals surface area contributed by atoms with E-state index in [0.29, 0.717) is 18.7 Å². The summed E-state index contributed by atoms with van der Waals surface area (Å²) in [6.45, 7) is 6.50. The van der Waals surface area contributed by atoms with Crippen LogP contribution in [0.4, 0.5) is 4.39 Å². The summed E-state index contributed by atoms with van der Waals surface area (Å²) in [6.07, 6.45) is 2.32. The molecule has 0 aromatic heterocycles. The van der Waals surface area contributed by atoms with E-state index >= 15 is 0 Å². The van der Waals surface area contributed by atoms with Crippen LogP contribution in [0, 0.1) is 12.7 Å². The molecule has 0 radical (unpaired) electrons. The number of amides is 2. The van der Waals surface area contributed by atoms with Crippen LogP contribution in [0.5, 0.6) is 5.75 Å². The van der Waals surface area contributed by atoms with Crippen LogP contribution in [0.25, 0.3) is 0 Å². The minimum absolute atomic E-state index is 0.178. The molecule has 0 unspecified atom stereocenters. The molecule has 0 heterocycles. The summed E-state index contributed by atoms with van der Waals surface area (Å²) in [5.41, 5.74) is 1.85. The SMILES string of the molecule is CCCCNC(=O)[C@@H](CC)N(Cc1ccc(F)cc1)C(=O)COc1ccc(C)cc1. The lowest BCUT2D eigenvalue weighted by Crippen LogP contribution is -2.50. The highest BCUT2D eigenvalue weighted by Crippen LogP contribution is 2.15. The third-order valence-corrected chi connectivity index (χ3v) is 4.86. The summed E-state index contributed by atoms with van der Waals surface area (Å²) >= 11 is 0. The molecule has 5 nitrogen and oxygen atoms in total. The Balaban J connectivity index is 2.15. The third-order valence-electron chi connectivity index (χ3n) is 4.86. The van der Waals surface area contributed by atoms with Gasteiger partial charge in [0.15, 0.2) is 6.61 Å². The molecule has 0 saturated heterocycles. The van der Waals surface area contributed by atoms with Crippen LogP contribution in [0.2, 0.25) is 0 Å². The van der Waals surface area contributed by atoms with Crippen LogP contribution in [0.3, 0.4) is 0 Å². The summed E-state index contributed by atoms with van der Waals surface area (Å²) < 4.78 is 18.9. The van der Waals surface area contributed by atoms with Crippen molar-refractivity contribution < 1.29 is 18.7 Å². The quantitative estimate of drug-likeness (QED) is 0.560. The van der Waals surface area contributed by atoms with Crippen molar-refractivity contribution in [1.29, 1.82) is 0 Å². The van der Waals surface area contributed by atoms with E-state index in [1.54, 1.807) is 12.1 Å². The molecule has 0 aliphatic rings. The van der Waals surface area contributed by atoms with Gasteiger partial charge >= 0.3 is 0 Å². The zero-order valence-electron chi connectivity index (χ0n) is 18.0. The van der Waals surface area contributed by atoms with Crippen molar-refractivity contribution in [2.45, 2.75) is 52.6 Å². The Bertz CT molecular complexity index is 806. The summed E-state index contributed by atoms with van der Waals surface area (Å²) in [5.74, 6) is -0.228. The number of hydrogen-bond donors (Lipinski definition) is 1. The van der Waals surface area contributed by atoms with Crippen LogP contribution < -0.4 is 10.1 Å². The number of benzene rings is 2. The molecule has 0 fully saturated rings. The zero-order valence-corrected chi connectivity index (χ0v) is 18.0. The Hall–Kier alpha value is -2.89. The van der Waals surface area contributed by atoms with Crippen molar-refractivity contribution in [2.75, 3.05) is 13.2 Å². The fourth-order valence-electron chi connectivity index (χ4n) is 3.07. The first-order chi connectivity index (χ1) is 14.4. The fourth-order valence-corrected chi connectivity index (χ4v) is 3.07. The number of ether oxygens (including phenoxy) is 1. The number of halogens is 1. The Morgan fingerprint density at radius 3 is 2.33 bits per heavy atom. The van der Waals surface area contributed by atoms with Gasteiger partial charge in [-0.3, -0.25) is 9.59 Å². The van der Waals surface area contributed by atoms with Crippen molar-refractivity contribution in [3.05, 3.63) is 65.5 Å². The van der Waals surface area contributed by atoms with E-state index in [1.165, 1.54) is 17.0 Å². The molecule has 0 saturated carbocycles. The van der Waals surface area contributed by atoms with Gasteiger partial charge in [-0.15, -0.1) is 0 Å². The molecule has 0 aliphatic heterocycles. The second-order valence-electron chi connectivity index (χ2n) is 7.32. The first-order valence-electron chi connectivity index (χ1n) is 10.5. The molecule has 2 aromatic carbocycles. The van der Waals surface area contributed by atoms with E-state index in [0.717, 1.165) is 24.0 Å². The van der Waals surface area contributed by atoms with Crippen LogP contribution in [-0.4, -0.2) is 35.9 Å². The molecule has 1 N–H and O–H groups in total. The lowest BCUT2D eigenvalue weighted by Gasteiger charge is -2.30. The average molecular weight is 415 g/mol. The molecule has 30 heavy (non-hydrogen) atoms. The number of carbonyl (C=O) groups is 2. The number of aryl methyl sites for hydroxylation is 1. The number of carbonyl (C=O) groups excluding carboxylic acids is 2. The van der Waals surface area contributed by atoms with E-state index in [-0.39, 0.29) is 30.8 Å². The maximum atomic E-state index is 13.3. The fraction of sp³-hybridized carbons (Fsp3) is 0.417. The van der Waals surface area contributed by atoms with Gasteiger partial charge in [0.1, 0.15) is 17.6 Å². The molecule has 0 bridgehead atoms. The summed E-state index contributed by atoms with van der Waals surface area (Å²) in [7, 11) is 0. The van der Waals surface area contributed by atoms with Gasteiger partial charge in [0.2, 0.25) is 5.91 Å². The number of nitrogens with one attached hydrogen (secondary N) is 1. The Morgan fingerprint density at radius 2 is 1.73 bits per heavy atom. The minimum atomic E-state index is -0.624. The van der Waals surface area contributed by atoms with Crippen LogP contribution >= 0.6 is 0 Å². The summed E-state index contributed by atoms with van der Waals surface area (Å²) in [5, 5.41) is 2.91. The maximum Gasteiger partial charge on any atom is 0.261 e. The van der Waals surface area contributed by atoms with Gasteiger partial charge in [-0.2, -0.15) is 0 Å². The van der Waals surface area contributed by atoms with E-state index < -0.39 is 6.04 Å². The molecular weight excluding hydrogens is 383 g/mol. The summed E-state index contributed by atoms with van der Waals surface area (Å²) in [6, 6.07) is 12.8. The topological polar surface area (TPSA) is 58.6 Å². The molecule has 2 amide bonds. The Kier molecular flexibility index (Phi) is 9.32.